The van der Waals surface area contributed by atoms with Crippen LogP contribution in [0.3, 0.4) is 0 Å². The van der Waals surface area contributed by atoms with Crippen molar-refractivity contribution in [2.24, 2.45) is 0 Å². The number of benzene rings is 1. The maximum Gasteiger partial charge on any atom is 0.0981 e. The van der Waals surface area contributed by atoms with Crippen molar-refractivity contribution in [3.05, 3.63) is 22.7 Å². The molecule has 5 heteroatoms. The summed E-state index contributed by atoms with van der Waals surface area (Å²) in [5.74, 6) is 0. The Bertz CT molecular complexity index is 405. The van der Waals surface area contributed by atoms with Crippen LogP contribution in [0, 0.1) is 0 Å². The van der Waals surface area contributed by atoms with Gasteiger partial charge in [-0.3, -0.25) is 0 Å². The van der Waals surface area contributed by atoms with Crippen LogP contribution < -0.4 is 10.6 Å². The molecule has 2 aliphatic heterocycles. The lowest BCUT2D eigenvalue weighted by atomic mass is 10.2. The van der Waals surface area contributed by atoms with Gasteiger partial charge in [0.15, 0.2) is 0 Å². The summed E-state index contributed by atoms with van der Waals surface area (Å²) < 4.78 is 11.5. The number of ether oxygens (including phenoxy) is 2. The molecule has 17 heavy (non-hydrogen) atoms. The summed E-state index contributed by atoms with van der Waals surface area (Å²) in [6.07, 6.45) is 0.770. The summed E-state index contributed by atoms with van der Waals surface area (Å²) in [4.78, 5) is 0. The second-order valence-corrected chi connectivity index (χ2v) is 5.28. The van der Waals surface area contributed by atoms with E-state index >= 15 is 0 Å². The van der Waals surface area contributed by atoms with Gasteiger partial charge in [-0.15, -0.1) is 0 Å². The van der Waals surface area contributed by atoms with Crippen molar-refractivity contribution in [1.29, 1.82) is 0 Å². The summed E-state index contributed by atoms with van der Waals surface area (Å²) in [5.41, 5.74) is 2.22. The fraction of sp³-hybridized carbons (Fsp3) is 0.500. The molecular weight excluding hydrogens is 284 g/mol. The highest BCUT2D eigenvalue weighted by Gasteiger charge is 2.23. The molecule has 4 nitrogen and oxygen atoms in total. The zero-order valence-corrected chi connectivity index (χ0v) is 11.0. The first-order valence-corrected chi connectivity index (χ1v) is 6.61. The van der Waals surface area contributed by atoms with Crippen LogP contribution in [-0.4, -0.2) is 38.5 Å². The van der Waals surface area contributed by atoms with E-state index < -0.39 is 0 Å². The van der Waals surface area contributed by atoms with Gasteiger partial charge in [0.2, 0.25) is 0 Å². The second kappa shape index (κ2) is 4.84. The molecule has 2 N–H and O–H groups in total. The van der Waals surface area contributed by atoms with Crippen LogP contribution in [0.25, 0.3) is 0 Å². The van der Waals surface area contributed by atoms with Crippen LogP contribution in [0.4, 0.5) is 11.4 Å². The quantitative estimate of drug-likeness (QED) is 0.790. The molecule has 0 bridgehead atoms. The van der Waals surface area contributed by atoms with Crippen molar-refractivity contribution in [3.63, 3.8) is 0 Å². The van der Waals surface area contributed by atoms with Gasteiger partial charge in [-0.1, -0.05) is 15.9 Å². The van der Waals surface area contributed by atoms with Gasteiger partial charge in [-0.2, -0.15) is 0 Å². The SMILES string of the molecule is Brc1ccc(NC[C@H]2CO2)c(NC[C@@H]2CO2)c1. The van der Waals surface area contributed by atoms with Gasteiger partial charge in [-0.05, 0) is 18.2 Å². The third kappa shape index (κ3) is 3.34. The normalized spacial score (nSPS) is 25.5. The molecular formula is C12H15BrN2O2. The number of epoxide rings is 2. The summed E-state index contributed by atoms with van der Waals surface area (Å²) in [6, 6.07) is 6.19. The lowest BCUT2D eigenvalue weighted by Crippen LogP contribution is -2.12. The third-order valence-electron chi connectivity index (χ3n) is 2.83. The fourth-order valence-corrected chi connectivity index (χ4v) is 2.00. The van der Waals surface area contributed by atoms with Gasteiger partial charge in [0.05, 0.1) is 36.8 Å². The van der Waals surface area contributed by atoms with Crippen LogP contribution in [0.2, 0.25) is 0 Å². The molecule has 0 saturated carbocycles. The van der Waals surface area contributed by atoms with E-state index in [1.54, 1.807) is 0 Å². The van der Waals surface area contributed by atoms with Gasteiger partial charge in [0.1, 0.15) is 0 Å². The van der Waals surface area contributed by atoms with E-state index in [9.17, 15) is 0 Å². The molecule has 0 amide bonds. The molecule has 2 aliphatic rings. The Labute approximate surface area is 109 Å². The molecule has 0 unspecified atom stereocenters. The van der Waals surface area contributed by atoms with Crippen molar-refractivity contribution in [2.45, 2.75) is 12.2 Å². The van der Waals surface area contributed by atoms with E-state index in [0.29, 0.717) is 12.2 Å². The zero-order chi connectivity index (χ0) is 11.7. The Kier molecular flexibility index (Phi) is 3.22. The second-order valence-electron chi connectivity index (χ2n) is 4.36. The topological polar surface area (TPSA) is 49.1 Å². The van der Waals surface area contributed by atoms with Crippen molar-refractivity contribution < 1.29 is 9.47 Å². The van der Waals surface area contributed by atoms with E-state index in [0.717, 1.165) is 42.2 Å². The Hall–Kier alpha value is -0.780. The smallest absolute Gasteiger partial charge is 0.0981 e. The Morgan fingerprint density at radius 1 is 1.06 bits per heavy atom. The highest BCUT2D eigenvalue weighted by Crippen LogP contribution is 2.27. The number of halogens is 1. The van der Waals surface area contributed by atoms with Crippen LogP contribution in [0.5, 0.6) is 0 Å². The molecule has 2 heterocycles. The zero-order valence-electron chi connectivity index (χ0n) is 9.41. The summed E-state index contributed by atoms with van der Waals surface area (Å²) in [7, 11) is 0. The number of nitrogens with one attached hydrogen (secondary N) is 2. The first-order valence-electron chi connectivity index (χ1n) is 5.82. The van der Waals surface area contributed by atoms with Crippen LogP contribution in [0.1, 0.15) is 0 Å². The van der Waals surface area contributed by atoms with Crippen LogP contribution >= 0.6 is 15.9 Å². The highest BCUT2D eigenvalue weighted by atomic mass is 79.9. The van der Waals surface area contributed by atoms with E-state index in [2.05, 4.69) is 38.7 Å². The molecule has 2 atom stereocenters. The van der Waals surface area contributed by atoms with Crippen molar-refractivity contribution in [2.75, 3.05) is 36.9 Å². The van der Waals surface area contributed by atoms with Gasteiger partial charge in [-0.25, -0.2) is 0 Å². The molecule has 3 rings (SSSR count). The van der Waals surface area contributed by atoms with Gasteiger partial charge in [0.25, 0.3) is 0 Å². The minimum absolute atomic E-state index is 0.383. The van der Waals surface area contributed by atoms with E-state index in [4.69, 9.17) is 9.47 Å². The first-order chi connectivity index (χ1) is 8.31. The molecule has 0 spiro atoms. The summed E-state index contributed by atoms with van der Waals surface area (Å²) >= 11 is 3.49. The number of anilines is 2. The highest BCUT2D eigenvalue weighted by molar-refractivity contribution is 9.10. The molecule has 92 valence electrons. The number of rotatable bonds is 6. The monoisotopic (exact) mass is 298 g/mol. The van der Waals surface area contributed by atoms with Crippen molar-refractivity contribution in [3.8, 4) is 0 Å². The molecule has 0 radical (unpaired) electrons. The first kappa shape index (κ1) is 11.3. The molecule has 0 aromatic heterocycles. The maximum atomic E-state index is 5.19. The fourth-order valence-electron chi connectivity index (χ4n) is 1.64. The van der Waals surface area contributed by atoms with Gasteiger partial charge < -0.3 is 20.1 Å². The van der Waals surface area contributed by atoms with Gasteiger partial charge in [0, 0.05) is 17.6 Å². The van der Waals surface area contributed by atoms with Crippen molar-refractivity contribution in [1.82, 2.24) is 0 Å². The summed E-state index contributed by atoms with van der Waals surface area (Å²) in [5, 5.41) is 6.80. The van der Waals surface area contributed by atoms with E-state index in [1.165, 1.54) is 0 Å². The lowest BCUT2D eigenvalue weighted by molar-refractivity contribution is 0.416. The minimum Gasteiger partial charge on any atom is -0.381 e. The molecule has 0 aliphatic carbocycles. The standard InChI is InChI=1S/C12H15BrN2O2/c13-8-1-2-11(14-4-9-6-16-9)12(3-8)15-5-10-7-17-10/h1-3,9-10,14-15H,4-7H2/t9-,10+/m0/s1. The summed E-state index contributed by atoms with van der Waals surface area (Å²) in [6.45, 7) is 3.49. The van der Waals surface area contributed by atoms with Crippen LogP contribution in [0.15, 0.2) is 22.7 Å². The third-order valence-corrected chi connectivity index (χ3v) is 3.32. The molecule has 1 aromatic rings. The lowest BCUT2D eigenvalue weighted by Gasteiger charge is -2.13. The Morgan fingerprint density at radius 2 is 1.65 bits per heavy atom. The van der Waals surface area contributed by atoms with Crippen molar-refractivity contribution >= 4 is 27.3 Å². The number of hydrogen-bond acceptors (Lipinski definition) is 4. The predicted molar refractivity (Wildman–Crippen MR) is 70.6 cm³/mol. The van der Waals surface area contributed by atoms with Crippen LogP contribution in [-0.2, 0) is 9.47 Å². The number of hydrogen-bond donors (Lipinski definition) is 2. The molecule has 2 fully saturated rings. The Balaban J connectivity index is 1.64. The molecule has 1 aromatic carbocycles. The largest absolute Gasteiger partial charge is 0.381 e. The average molecular weight is 299 g/mol. The van der Waals surface area contributed by atoms with E-state index in [1.807, 2.05) is 6.07 Å². The molecule has 2 saturated heterocycles. The predicted octanol–water partition coefficient (Wildman–Crippen LogP) is 2.07. The van der Waals surface area contributed by atoms with E-state index in [-0.39, 0.29) is 0 Å². The Morgan fingerprint density at radius 3 is 2.24 bits per heavy atom. The minimum atomic E-state index is 0.383. The van der Waals surface area contributed by atoms with Gasteiger partial charge >= 0.3 is 0 Å². The maximum absolute atomic E-state index is 5.19. The average Bonchev–Trinajstić information content (AvgIpc) is 3.18.